The fourth-order valence-corrected chi connectivity index (χ4v) is 3.50. The second-order valence-corrected chi connectivity index (χ2v) is 6.58. The van der Waals surface area contributed by atoms with Gasteiger partial charge in [-0.05, 0) is 52.8 Å². The third kappa shape index (κ3) is 4.13. The first-order chi connectivity index (χ1) is 9.44. The Balaban J connectivity index is 2.07. The van der Waals surface area contributed by atoms with Crippen molar-refractivity contribution in [2.45, 2.75) is 13.1 Å². The molecule has 2 rings (SSSR count). The Kier molecular flexibility index (Phi) is 4.91. The molecule has 0 spiro atoms. The van der Waals surface area contributed by atoms with Gasteiger partial charge in [-0.1, -0.05) is 0 Å². The first kappa shape index (κ1) is 15.2. The number of nitrogens with two attached hydrogens (primary N) is 1. The zero-order chi connectivity index (χ0) is 14.7. The number of nitrogen functional groups attached to an aromatic ring is 1. The number of nitrogens with one attached hydrogen (secondary N) is 1. The zero-order valence-electron chi connectivity index (χ0n) is 11.0. The fraction of sp³-hybridized carbons (Fsp3) is 0.214. The van der Waals surface area contributed by atoms with E-state index in [-0.39, 0.29) is 11.7 Å². The van der Waals surface area contributed by atoms with Crippen LogP contribution in [-0.2, 0) is 13.1 Å². The molecule has 3 nitrogen and oxygen atoms in total. The van der Waals surface area contributed by atoms with Gasteiger partial charge < -0.3 is 5.73 Å². The smallest absolute Gasteiger partial charge is 0.124 e. The van der Waals surface area contributed by atoms with Crippen LogP contribution in [0.3, 0.4) is 0 Å². The molecule has 106 valence electrons. The molecule has 0 radical (unpaired) electrons. The van der Waals surface area contributed by atoms with Gasteiger partial charge in [0.2, 0.25) is 0 Å². The predicted molar refractivity (Wildman–Crippen MR) is 84.6 cm³/mol. The SMILES string of the molecule is CN(Cc1cc(F)cc(C(=N)N)c1)Cc1cc(Br)cs1. The molecule has 3 N–H and O–H groups in total. The Morgan fingerprint density at radius 2 is 2.10 bits per heavy atom. The maximum absolute atomic E-state index is 13.5. The van der Waals surface area contributed by atoms with E-state index in [9.17, 15) is 4.39 Å². The van der Waals surface area contributed by atoms with Crippen molar-refractivity contribution >= 4 is 33.1 Å². The van der Waals surface area contributed by atoms with E-state index in [0.717, 1.165) is 16.6 Å². The maximum atomic E-state index is 13.5. The molecule has 0 atom stereocenters. The molecule has 0 saturated carbocycles. The lowest BCUT2D eigenvalue weighted by atomic mass is 10.1. The molecule has 20 heavy (non-hydrogen) atoms. The molecule has 6 heteroatoms. The van der Waals surface area contributed by atoms with Crippen molar-refractivity contribution < 1.29 is 4.39 Å². The molecule has 0 fully saturated rings. The molecule has 0 bridgehead atoms. The largest absolute Gasteiger partial charge is 0.384 e. The molecule has 1 heterocycles. The van der Waals surface area contributed by atoms with Crippen molar-refractivity contribution in [2.24, 2.45) is 5.73 Å². The Morgan fingerprint density at radius 1 is 1.35 bits per heavy atom. The van der Waals surface area contributed by atoms with E-state index in [1.54, 1.807) is 17.4 Å². The molecule has 0 aliphatic rings. The second kappa shape index (κ2) is 6.47. The van der Waals surface area contributed by atoms with Gasteiger partial charge >= 0.3 is 0 Å². The van der Waals surface area contributed by atoms with Crippen LogP contribution in [0.4, 0.5) is 4.39 Å². The molecule has 0 saturated heterocycles. The summed E-state index contributed by atoms with van der Waals surface area (Å²) in [6.45, 7) is 1.40. The number of nitrogens with zero attached hydrogens (tertiary/aromatic N) is 1. The highest BCUT2D eigenvalue weighted by molar-refractivity contribution is 9.10. The van der Waals surface area contributed by atoms with Gasteiger partial charge in [-0.25, -0.2) is 4.39 Å². The van der Waals surface area contributed by atoms with Crippen LogP contribution in [-0.4, -0.2) is 17.8 Å². The molecule has 1 aromatic carbocycles. The number of hydrogen-bond donors (Lipinski definition) is 2. The monoisotopic (exact) mass is 355 g/mol. The minimum Gasteiger partial charge on any atom is -0.384 e. The van der Waals surface area contributed by atoms with Gasteiger partial charge in [-0.15, -0.1) is 11.3 Å². The Labute approximate surface area is 129 Å². The molecule has 1 aromatic heterocycles. The van der Waals surface area contributed by atoms with E-state index >= 15 is 0 Å². The van der Waals surface area contributed by atoms with E-state index in [0.29, 0.717) is 12.1 Å². The Hall–Kier alpha value is -1.24. The first-order valence-electron chi connectivity index (χ1n) is 5.99. The Bertz CT molecular complexity index is 627. The molecule has 2 aromatic rings. The number of amidine groups is 1. The third-order valence-electron chi connectivity index (χ3n) is 2.77. The number of benzene rings is 1. The minimum absolute atomic E-state index is 0.115. The third-order valence-corrected chi connectivity index (χ3v) is 4.45. The summed E-state index contributed by atoms with van der Waals surface area (Å²) in [6, 6.07) is 6.59. The van der Waals surface area contributed by atoms with Crippen LogP contribution in [0.15, 0.2) is 34.1 Å². The lowest BCUT2D eigenvalue weighted by Crippen LogP contribution is -2.18. The van der Waals surface area contributed by atoms with E-state index in [2.05, 4.69) is 26.9 Å². The van der Waals surface area contributed by atoms with Crippen molar-refractivity contribution in [1.82, 2.24) is 4.90 Å². The van der Waals surface area contributed by atoms with E-state index in [1.165, 1.54) is 17.0 Å². The van der Waals surface area contributed by atoms with Crippen LogP contribution in [0.5, 0.6) is 0 Å². The van der Waals surface area contributed by atoms with Crippen LogP contribution in [0, 0.1) is 11.2 Å². The van der Waals surface area contributed by atoms with Crippen molar-refractivity contribution in [3.63, 3.8) is 0 Å². The van der Waals surface area contributed by atoms with Crippen molar-refractivity contribution in [2.75, 3.05) is 7.05 Å². The number of halogens is 2. The molecule has 0 aliphatic carbocycles. The van der Waals surface area contributed by atoms with E-state index in [4.69, 9.17) is 11.1 Å². The maximum Gasteiger partial charge on any atom is 0.124 e. The fourth-order valence-electron chi connectivity index (χ4n) is 1.97. The molecular formula is C14H15BrFN3S. The molecule has 0 aliphatic heterocycles. The molecule has 0 unspecified atom stereocenters. The van der Waals surface area contributed by atoms with Gasteiger partial charge in [-0.2, -0.15) is 0 Å². The lowest BCUT2D eigenvalue weighted by Gasteiger charge is -2.16. The quantitative estimate of drug-likeness (QED) is 0.636. The highest BCUT2D eigenvalue weighted by atomic mass is 79.9. The second-order valence-electron chi connectivity index (χ2n) is 4.67. The van der Waals surface area contributed by atoms with E-state index in [1.807, 2.05) is 12.4 Å². The summed E-state index contributed by atoms with van der Waals surface area (Å²) in [6.07, 6.45) is 0. The topological polar surface area (TPSA) is 53.1 Å². The van der Waals surface area contributed by atoms with Gasteiger partial charge in [0.1, 0.15) is 11.7 Å². The summed E-state index contributed by atoms with van der Waals surface area (Å²) in [5, 5.41) is 9.43. The standard InChI is InChI=1S/C14H15BrFN3S/c1-19(7-13-5-11(15)8-20-13)6-9-2-10(14(17)18)4-12(16)3-9/h2-5,8H,6-7H2,1H3,(H3,17,18). The normalized spacial score (nSPS) is 11.0. The summed E-state index contributed by atoms with van der Waals surface area (Å²) < 4.78 is 14.6. The zero-order valence-corrected chi connectivity index (χ0v) is 13.4. The number of hydrogen-bond acceptors (Lipinski definition) is 3. The van der Waals surface area contributed by atoms with Gasteiger partial charge in [0, 0.05) is 33.4 Å². The highest BCUT2D eigenvalue weighted by Gasteiger charge is 2.07. The van der Waals surface area contributed by atoms with E-state index < -0.39 is 0 Å². The summed E-state index contributed by atoms with van der Waals surface area (Å²) in [4.78, 5) is 3.33. The van der Waals surface area contributed by atoms with Crippen LogP contribution in [0.2, 0.25) is 0 Å². The summed E-state index contributed by atoms with van der Waals surface area (Å²) >= 11 is 5.11. The molecule has 0 amide bonds. The van der Waals surface area contributed by atoms with Crippen molar-refractivity contribution in [3.8, 4) is 0 Å². The van der Waals surface area contributed by atoms with Gasteiger partial charge in [-0.3, -0.25) is 10.3 Å². The average Bonchev–Trinajstić information content (AvgIpc) is 2.73. The van der Waals surface area contributed by atoms with Gasteiger partial charge in [0.25, 0.3) is 0 Å². The van der Waals surface area contributed by atoms with Gasteiger partial charge in [0.15, 0.2) is 0 Å². The summed E-state index contributed by atoms with van der Waals surface area (Å²) in [5.74, 6) is -0.476. The Morgan fingerprint density at radius 3 is 2.70 bits per heavy atom. The highest BCUT2D eigenvalue weighted by Crippen LogP contribution is 2.21. The van der Waals surface area contributed by atoms with Crippen LogP contribution in [0.1, 0.15) is 16.0 Å². The average molecular weight is 356 g/mol. The van der Waals surface area contributed by atoms with Crippen molar-refractivity contribution in [3.05, 3.63) is 55.9 Å². The van der Waals surface area contributed by atoms with Crippen LogP contribution < -0.4 is 5.73 Å². The van der Waals surface area contributed by atoms with Crippen molar-refractivity contribution in [1.29, 1.82) is 5.41 Å². The predicted octanol–water partition coefficient (Wildman–Crippen LogP) is 3.57. The minimum atomic E-state index is -0.361. The van der Waals surface area contributed by atoms with Gasteiger partial charge in [0.05, 0.1) is 0 Å². The molecular weight excluding hydrogens is 341 g/mol. The number of thiophene rings is 1. The lowest BCUT2D eigenvalue weighted by molar-refractivity contribution is 0.321. The summed E-state index contributed by atoms with van der Waals surface area (Å²) in [5.41, 5.74) is 6.64. The first-order valence-corrected chi connectivity index (χ1v) is 7.66. The van der Waals surface area contributed by atoms with Crippen LogP contribution >= 0.6 is 27.3 Å². The number of rotatable bonds is 5. The van der Waals surface area contributed by atoms with Crippen LogP contribution in [0.25, 0.3) is 0 Å². The summed E-state index contributed by atoms with van der Waals surface area (Å²) in [7, 11) is 1.98.